The highest BCUT2D eigenvalue weighted by atomic mass is 35.5. The van der Waals surface area contributed by atoms with Crippen LogP contribution in [0.5, 0.6) is 0 Å². The van der Waals surface area contributed by atoms with E-state index in [0.29, 0.717) is 5.88 Å². The van der Waals surface area contributed by atoms with Crippen molar-refractivity contribution in [2.45, 2.75) is 12.4 Å². The van der Waals surface area contributed by atoms with Crippen LogP contribution in [-0.2, 0) is 12.4 Å². The summed E-state index contributed by atoms with van der Waals surface area (Å²) >= 11 is 7.02. The van der Waals surface area contributed by atoms with E-state index in [-0.39, 0.29) is 17.7 Å². The van der Waals surface area contributed by atoms with Gasteiger partial charge >= 0.3 is 0 Å². The standard InChI is InChI=1S/C9H8ClN3O2S/c10-3-6-5-16-8(11-6)4-13-9(15)2-1-7(14)12-13/h1-2,5H,3-4H2,(H,12,14). The van der Waals surface area contributed by atoms with Gasteiger partial charge in [0.05, 0.1) is 18.1 Å². The van der Waals surface area contributed by atoms with Crippen LogP contribution in [0.15, 0.2) is 27.1 Å². The van der Waals surface area contributed by atoms with Crippen molar-refractivity contribution in [2.24, 2.45) is 0 Å². The molecule has 0 bridgehead atoms. The quantitative estimate of drug-likeness (QED) is 0.827. The molecule has 2 aromatic rings. The van der Waals surface area contributed by atoms with Crippen molar-refractivity contribution in [1.29, 1.82) is 0 Å². The van der Waals surface area contributed by atoms with Crippen LogP contribution in [0.1, 0.15) is 10.7 Å². The molecule has 0 atom stereocenters. The molecule has 7 heteroatoms. The zero-order chi connectivity index (χ0) is 11.5. The minimum Gasteiger partial charge on any atom is -0.268 e. The minimum atomic E-state index is -0.311. The van der Waals surface area contributed by atoms with Gasteiger partial charge in [-0.15, -0.1) is 22.9 Å². The lowest BCUT2D eigenvalue weighted by atomic mass is 10.5. The van der Waals surface area contributed by atoms with Crippen LogP contribution in [0.2, 0.25) is 0 Å². The molecule has 5 nitrogen and oxygen atoms in total. The summed E-state index contributed by atoms with van der Waals surface area (Å²) in [4.78, 5) is 26.6. The average molecular weight is 258 g/mol. The second-order valence-corrected chi connectivity index (χ2v) is 4.31. The number of rotatable bonds is 3. The first kappa shape index (κ1) is 11.1. The van der Waals surface area contributed by atoms with Crippen molar-refractivity contribution >= 4 is 22.9 Å². The van der Waals surface area contributed by atoms with Crippen LogP contribution in [0.25, 0.3) is 0 Å². The van der Waals surface area contributed by atoms with Gasteiger partial charge in [-0.25, -0.2) is 9.67 Å². The molecular formula is C9H8ClN3O2S. The highest BCUT2D eigenvalue weighted by Gasteiger charge is 2.03. The Morgan fingerprint density at radius 2 is 2.25 bits per heavy atom. The van der Waals surface area contributed by atoms with Gasteiger partial charge < -0.3 is 0 Å². The van der Waals surface area contributed by atoms with Gasteiger partial charge in [0.2, 0.25) is 0 Å². The Balaban J connectivity index is 2.29. The van der Waals surface area contributed by atoms with Gasteiger partial charge in [-0.1, -0.05) is 0 Å². The van der Waals surface area contributed by atoms with Crippen LogP contribution in [0.3, 0.4) is 0 Å². The molecule has 2 rings (SSSR count). The number of aromatic amines is 1. The first-order valence-corrected chi connectivity index (χ1v) is 5.90. The number of hydrogen-bond acceptors (Lipinski definition) is 4. The number of H-pyrrole nitrogens is 1. The fraction of sp³-hybridized carbons (Fsp3) is 0.222. The molecule has 0 aliphatic rings. The first-order valence-electron chi connectivity index (χ1n) is 4.48. The number of halogens is 1. The molecule has 0 saturated carbocycles. The smallest absolute Gasteiger partial charge is 0.265 e. The molecule has 0 fully saturated rings. The first-order chi connectivity index (χ1) is 7.69. The summed E-state index contributed by atoms with van der Waals surface area (Å²) in [5, 5.41) is 5.00. The number of thiazole rings is 1. The van der Waals surface area contributed by atoms with E-state index in [2.05, 4.69) is 10.1 Å². The van der Waals surface area contributed by atoms with E-state index >= 15 is 0 Å². The lowest BCUT2D eigenvalue weighted by molar-refractivity contribution is 0.624. The lowest BCUT2D eigenvalue weighted by Crippen LogP contribution is -2.28. The maximum atomic E-state index is 11.4. The summed E-state index contributed by atoms with van der Waals surface area (Å²) in [5.41, 5.74) is 0.198. The molecule has 2 heterocycles. The largest absolute Gasteiger partial charge is 0.268 e. The SMILES string of the molecule is O=c1ccc(=O)n(Cc2nc(CCl)cs2)[nH]1. The average Bonchev–Trinajstić information content (AvgIpc) is 2.71. The monoisotopic (exact) mass is 257 g/mol. The maximum Gasteiger partial charge on any atom is 0.265 e. The van der Waals surface area contributed by atoms with Crippen molar-refractivity contribution in [2.75, 3.05) is 0 Å². The van der Waals surface area contributed by atoms with Gasteiger partial charge in [0.1, 0.15) is 5.01 Å². The zero-order valence-corrected chi connectivity index (χ0v) is 9.72. The van der Waals surface area contributed by atoms with Crippen LogP contribution >= 0.6 is 22.9 Å². The van der Waals surface area contributed by atoms with Crippen LogP contribution in [-0.4, -0.2) is 14.8 Å². The van der Waals surface area contributed by atoms with E-state index < -0.39 is 0 Å². The Morgan fingerprint density at radius 1 is 1.44 bits per heavy atom. The molecule has 16 heavy (non-hydrogen) atoms. The predicted octanol–water partition coefficient (Wildman–Crippen LogP) is 0.780. The highest BCUT2D eigenvalue weighted by molar-refractivity contribution is 7.09. The Hall–Kier alpha value is -1.40. The topological polar surface area (TPSA) is 67.8 Å². The van der Waals surface area contributed by atoms with Crippen molar-refractivity contribution in [3.8, 4) is 0 Å². The van der Waals surface area contributed by atoms with Crippen LogP contribution in [0, 0.1) is 0 Å². The number of nitrogens with zero attached hydrogens (tertiary/aromatic N) is 2. The normalized spacial score (nSPS) is 10.6. The van der Waals surface area contributed by atoms with E-state index in [1.165, 1.54) is 28.2 Å². The summed E-state index contributed by atoms with van der Waals surface area (Å²) < 4.78 is 1.22. The molecule has 0 aliphatic carbocycles. The fourth-order valence-electron chi connectivity index (χ4n) is 1.20. The van der Waals surface area contributed by atoms with Crippen molar-refractivity contribution in [3.05, 3.63) is 48.9 Å². The number of hydrogen-bond donors (Lipinski definition) is 1. The molecule has 1 N–H and O–H groups in total. The fourth-order valence-corrected chi connectivity index (χ4v) is 2.21. The number of nitrogens with one attached hydrogen (secondary N) is 1. The maximum absolute atomic E-state index is 11.4. The molecular weight excluding hydrogens is 250 g/mol. The Kier molecular flexibility index (Phi) is 3.21. The second-order valence-electron chi connectivity index (χ2n) is 3.10. The van der Waals surface area contributed by atoms with Gasteiger partial charge in [-0.2, -0.15) is 0 Å². The molecule has 0 radical (unpaired) electrons. The number of aromatic nitrogens is 3. The van der Waals surface area contributed by atoms with Crippen molar-refractivity contribution in [1.82, 2.24) is 14.8 Å². The van der Waals surface area contributed by atoms with E-state index in [1.54, 1.807) is 0 Å². The molecule has 0 aromatic carbocycles. The highest BCUT2D eigenvalue weighted by Crippen LogP contribution is 2.11. The minimum absolute atomic E-state index is 0.260. The summed E-state index contributed by atoms with van der Waals surface area (Å²) in [6.45, 7) is 0.260. The number of alkyl halides is 1. The Labute approximate surface area is 99.3 Å². The van der Waals surface area contributed by atoms with Gasteiger partial charge in [0, 0.05) is 17.5 Å². The van der Waals surface area contributed by atoms with E-state index in [1.807, 2.05) is 5.38 Å². The second kappa shape index (κ2) is 4.63. The molecule has 0 aliphatic heterocycles. The molecule has 0 unspecified atom stereocenters. The van der Waals surface area contributed by atoms with Gasteiger partial charge in [0.25, 0.3) is 11.1 Å². The van der Waals surface area contributed by atoms with Crippen LogP contribution in [0.4, 0.5) is 0 Å². The molecule has 84 valence electrons. The van der Waals surface area contributed by atoms with Crippen molar-refractivity contribution < 1.29 is 0 Å². The zero-order valence-electron chi connectivity index (χ0n) is 8.14. The van der Waals surface area contributed by atoms with Crippen molar-refractivity contribution in [3.63, 3.8) is 0 Å². The van der Waals surface area contributed by atoms with Gasteiger partial charge in [-0.05, 0) is 0 Å². The lowest BCUT2D eigenvalue weighted by Gasteiger charge is -2.00. The van der Waals surface area contributed by atoms with E-state index in [4.69, 9.17) is 11.6 Å². The summed E-state index contributed by atoms with van der Waals surface area (Å²) in [6.07, 6.45) is 0. The van der Waals surface area contributed by atoms with Gasteiger partial charge in [0.15, 0.2) is 0 Å². The predicted molar refractivity (Wildman–Crippen MR) is 62.1 cm³/mol. The molecule has 0 spiro atoms. The molecule has 0 amide bonds. The third kappa shape index (κ3) is 2.40. The summed E-state index contributed by atoms with van der Waals surface area (Å²) in [5.74, 6) is 0.344. The van der Waals surface area contributed by atoms with Gasteiger partial charge in [-0.3, -0.25) is 14.7 Å². The van der Waals surface area contributed by atoms with E-state index in [9.17, 15) is 9.59 Å². The van der Waals surface area contributed by atoms with E-state index in [0.717, 1.165) is 10.7 Å². The third-order valence-corrected chi connectivity index (χ3v) is 3.07. The Bertz CT molecular complexity index is 601. The molecule has 2 aromatic heterocycles. The third-order valence-electron chi connectivity index (χ3n) is 1.92. The summed E-state index contributed by atoms with van der Waals surface area (Å²) in [7, 11) is 0. The summed E-state index contributed by atoms with van der Waals surface area (Å²) in [6, 6.07) is 2.43. The van der Waals surface area contributed by atoms with Crippen LogP contribution < -0.4 is 11.1 Å². The molecule has 0 saturated heterocycles. The Morgan fingerprint density at radius 3 is 2.94 bits per heavy atom.